The Bertz CT molecular complexity index is 360. The van der Waals surface area contributed by atoms with Crippen molar-refractivity contribution in [2.24, 2.45) is 11.8 Å². The molecule has 0 aromatic carbocycles. The number of rotatable bonds is 5. The minimum Gasteiger partial charge on any atom is -0.311 e. The average Bonchev–Trinajstić information content (AvgIpc) is 2.97. The monoisotopic (exact) mass is 236 g/mol. The molecule has 4 nitrogen and oxygen atoms in total. The first-order chi connectivity index (χ1) is 7.97. The van der Waals surface area contributed by atoms with Crippen molar-refractivity contribution in [2.45, 2.75) is 52.6 Å². The Morgan fingerprint density at radius 3 is 2.71 bits per heavy atom. The predicted molar refractivity (Wildman–Crippen MR) is 68.6 cm³/mol. The summed E-state index contributed by atoms with van der Waals surface area (Å²) >= 11 is 0. The molecule has 1 saturated carbocycles. The van der Waals surface area contributed by atoms with Crippen LogP contribution in [0, 0.1) is 11.8 Å². The van der Waals surface area contributed by atoms with Crippen LogP contribution >= 0.6 is 0 Å². The van der Waals surface area contributed by atoms with E-state index in [9.17, 15) is 0 Å². The minimum atomic E-state index is 0.0204. The van der Waals surface area contributed by atoms with Crippen LogP contribution in [0.25, 0.3) is 0 Å². The van der Waals surface area contributed by atoms with E-state index in [-0.39, 0.29) is 5.54 Å². The number of hydrogen-bond acceptors (Lipinski definition) is 3. The van der Waals surface area contributed by atoms with Gasteiger partial charge in [0.25, 0.3) is 0 Å². The number of hydrogen-bond donors (Lipinski definition) is 1. The molecule has 0 amide bonds. The van der Waals surface area contributed by atoms with E-state index in [2.05, 4.69) is 43.3 Å². The van der Waals surface area contributed by atoms with Gasteiger partial charge >= 0.3 is 0 Å². The summed E-state index contributed by atoms with van der Waals surface area (Å²) in [5.41, 5.74) is 1.05. The van der Waals surface area contributed by atoms with Crippen molar-refractivity contribution in [3.8, 4) is 0 Å². The fourth-order valence-electron chi connectivity index (χ4n) is 1.97. The smallest absolute Gasteiger partial charge is 0.0965 e. The van der Waals surface area contributed by atoms with Crippen LogP contribution in [0.5, 0.6) is 0 Å². The summed E-state index contributed by atoms with van der Waals surface area (Å²) in [6, 6.07) is 0. The third-order valence-electron chi connectivity index (χ3n) is 3.43. The Kier molecular flexibility index (Phi) is 3.52. The van der Waals surface area contributed by atoms with E-state index < -0.39 is 0 Å². The molecule has 0 bridgehead atoms. The van der Waals surface area contributed by atoms with Crippen molar-refractivity contribution in [1.29, 1.82) is 0 Å². The van der Waals surface area contributed by atoms with E-state index in [4.69, 9.17) is 0 Å². The molecule has 0 aliphatic heterocycles. The lowest BCUT2D eigenvalue weighted by molar-refractivity contribution is 0.346. The van der Waals surface area contributed by atoms with Crippen LogP contribution in [0.3, 0.4) is 0 Å². The second kappa shape index (κ2) is 4.77. The summed E-state index contributed by atoms with van der Waals surface area (Å²) < 4.78 is 1.92. The summed E-state index contributed by atoms with van der Waals surface area (Å²) in [5, 5.41) is 11.8. The largest absolute Gasteiger partial charge is 0.311 e. The highest BCUT2D eigenvalue weighted by atomic mass is 15.4. The quantitative estimate of drug-likeness (QED) is 0.852. The highest BCUT2D eigenvalue weighted by Crippen LogP contribution is 2.36. The average molecular weight is 236 g/mol. The molecule has 1 atom stereocenters. The fourth-order valence-corrected chi connectivity index (χ4v) is 1.97. The summed E-state index contributed by atoms with van der Waals surface area (Å²) in [5.74, 6) is 1.76. The van der Waals surface area contributed by atoms with Gasteiger partial charge in [-0.1, -0.05) is 12.1 Å². The zero-order valence-electron chi connectivity index (χ0n) is 11.4. The highest BCUT2D eigenvalue weighted by Gasteiger charge is 2.27. The molecule has 1 fully saturated rings. The maximum atomic E-state index is 4.19. The fraction of sp³-hybridized carbons (Fsp3) is 0.846. The molecular formula is C13H24N4. The minimum absolute atomic E-state index is 0.0204. The molecule has 1 aromatic heterocycles. The van der Waals surface area contributed by atoms with E-state index >= 15 is 0 Å². The maximum absolute atomic E-state index is 4.19. The van der Waals surface area contributed by atoms with Crippen LogP contribution in [0.2, 0.25) is 0 Å². The van der Waals surface area contributed by atoms with E-state index in [0.717, 1.165) is 30.6 Å². The summed E-state index contributed by atoms with van der Waals surface area (Å²) in [4.78, 5) is 0. The Labute approximate surface area is 104 Å². The highest BCUT2D eigenvalue weighted by molar-refractivity contribution is 4.94. The first kappa shape index (κ1) is 12.6. The lowest BCUT2D eigenvalue weighted by Gasteiger charge is -2.17. The summed E-state index contributed by atoms with van der Waals surface area (Å²) in [7, 11) is 0. The van der Waals surface area contributed by atoms with Crippen LogP contribution in [-0.2, 0) is 12.1 Å². The van der Waals surface area contributed by atoms with Crippen molar-refractivity contribution in [3.05, 3.63) is 11.9 Å². The van der Waals surface area contributed by atoms with Crippen LogP contribution in [0.4, 0.5) is 0 Å². The van der Waals surface area contributed by atoms with Crippen LogP contribution in [0.1, 0.15) is 46.2 Å². The first-order valence-corrected chi connectivity index (χ1v) is 6.59. The van der Waals surface area contributed by atoms with Gasteiger partial charge in [-0.25, -0.2) is 4.68 Å². The second-order valence-electron chi connectivity index (χ2n) is 6.27. The maximum Gasteiger partial charge on any atom is 0.0965 e. The van der Waals surface area contributed by atoms with Gasteiger partial charge in [0.05, 0.1) is 17.4 Å². The van der Waals surface area contributed by atoms with Gasteiger partial charge in [0.15, 0.2) is 0 Å². The van der Waals surface area contributed by atoms with Gasteiger partial charge in [0.1, 0.15) is 0 Å². The molecule has 0 spiro atoms. The molecule has 1 aliphatic rings. The van der Waals surface area contributed by atoms with E-state index in [1.165, 1.54) is 12.8 Å². The predicted octanol–water partition coefficient (Wildman–Crippen LogP) is 2.17. The Hall–Kier alpha value is -0.900. The van der Waals surface area contributed by atoms with Crippen molar-refractivity contribution >= 4 is 0 Å². The van der Waals surface area contributed by atoms with Gasteiger partial charge in [-0.3, -0.25) is 0 Å². The van der Waals surface area contributed by atoms with Gasteiger partial charge in [-0.05, 0) is 52.0 Å². The molecule has 1 heterocycles. The van der Waals surface area contributed by atoms with Crippen LogP contribution < -0.4 is 5.32 Å². The standard InChI is InChI=1S/C13H24N4/c1-10(11-5-6-11)7-14-8-12-9-17(16-15-12)13(2,3)4/h9-11,14H,5-8H2,1-4H3. The lowest BCUT2D eigenvalue weighted by Crippen LogP contribution is -2.23. The molecule has 0 saturated heterocycles. The molecule has 1 aromatic rings. The van der Waals surface area contributed by atoms with Crippen LogP contribution in [0.15, 0.2) is 6.20 Å². The Morgan fingerprint density at radius 1 is 1.47 bits per heavy atom. The number of aromatic nitrogens is 3. The van der Waals surface area contributed by atoms with Gasteiger partial charge in [-0.2, -0.15) is 0 Å². The summed E-state index contributed by atoms with van der Waals surface area (Å²) in [6.07, 6.45) is 4.88. The topological polar surface area (TPSA) is 42.7 Å². The zero-order valence-corrected chi connectivity index (χ0v) is 11.4. The molecule has 17 heavy (non-hydrogen) atoms. The van der Waals surface area contributed by atoms with Crippen molar-refractivity contribution in [1.82, 2.24) is 20.3 Å². The normalized spacial score (nSPS) is 18.4. The first-order valence-electron chi connectivity index (χ1n) is 6.59. The van der Waals surface area contributed by atoms with E-state index in [0.29, 0.717) is 0 Å². The lowest BCUT2D eigenvalue weighted by atomic mass is 10.1. The number of nitrogens with zero attached hydrogens (tertiary/aromatic N) is 3. The van der Waals surface area contributed by atoms with Gasteiger partial charge in [0.2, 0.25) is 0 Å². The number of nitrogens with one attached hydrogen (secondary N) is 1. The van der Waals surface area contributed by atoms with Gasteiger partial charge < -0.3 is 5.32 Å². The molecular weight excluding hydrogens is 212 g/mol. The molecule has 1 N–H and O–H groups in total. The second-order valence-corrected chi connectivity index (χ2v) is 6.27. The van der Waals surface area contributed by atoms with Crippen molar-refractivity contribution < 1.29 is 0 Å². The summed E-state index contributed by atoms with van der Waals surface area (Å²) in [6.45, 7) is 10.6. The zero-order chi connectivity index (χ0) is 12.5. The SMILES string of the molecule is CC(CNCc1cn(C(C)(C)C)nn1)C1CC1. The third-order valence-corrected chi connectivity index (χ3v) is 3.43. The van der Waals surface area contributed by atoms with Crippen molar-refractivity contribution in [3.63, 3.8) is 0 Å². The van der Waals surface area contributed by atoms with E-state index in [1.54, 1.807) is 0 Å². The van der Waals surface area contributed by atoms with Gasteiger partial charge in [0, 0.05) is 6.54 Å². The Morgan fingerprint density at radius 2 is 2.18 bits per heavy atom. The van der Waals surface area contributed by atoms with Crippen molar-refractivity contribution in [2.75, 3.05) is 6.54 Å². The van der Waals surface area contributed by atoms with E-state index in [1.807, 2.05) is 10.9 Å². The third kappa shape index (κ3) is 3.53. The Balaban J connectivity index is 1.77. The molecule has 4 heteroatoms. The van der Waals surface area contributed by atoms with Gasteiger partial charge in [-0.15, -0.1) is 5.10 Å². The molecule has 1 aliphatic carbocycles. The molecule has 0 radical (unpaired) electrons. The van der Waals surface area contributed by atoms with Crippen LogP contribution in [-0.4, -0.2) is 21.5 Å². The molecule has 1 unspecified atom stereocenters. The molecule has 96 valence electrons. The molecule has 2 rings (SSSR count).